The summed E-state index contributed by atoms with van der Waals surface area (Å²) in [6.07, 6.45) is 3.38. The van der Waals surface area contributed by atoms with Crippen molar-refractivity contribution >= 4 is 23.2 Å². The van der Waals surface area contributed by atoms with E-state index < -0.39 is 0 Å². The van der Waals surface area contributed by atoms with Crippen molar-refractivity contribution in [3.05, 3.63) is 28.8 Å². The van der Waals surface area contributed by atoms with Crippen LogP contribution in [0.2, 0.25) is 5.02 Å². The minimum absolute atomic E-state index is 0.0227. The van der Waals surface area contributed by atoms with Gasteiger partial charge in [-0.05, 0) is 37.0 Å². The van der Waals surface area contributed by atoms with E-state index in [1.54, 1.807) is 18.2 Å². The zero-order chi connectivity index (χ0) is 13.1. The molecule has 0 aromatic heterocycles. The van der Waals surface area contributed by atoms with Crippen LogP contribution in [0, 0.1) is 5.92 Å². The van der Waals surface area contributed by atoms with Gasteiger partial charge in [-0.15, -0.1) is 0 Å². The van der Waals surface area contributed by atoms with E-state index in [0.717, 1.165) is 31.8 Å². The van der Waals surface area contributed by atoms with Gasteiger partial charge in [0.2, 0.25) is 0 Å². The summed E-state index contributed by atoms with van der Waals surface area (Å²) in [5.74, 6) is 0.783. The molecule has 1 heterocycles. The number of piperidine rings is 1. The molecule has 98 valence electrons. The summed E-state index contributed by atoms with van der Waals surface area (Å²) >= 11 is 6.07. The van der Waals surface area contributed by atoms with E-state index in [1.807, 2.05) is 4.90 Å². The average Bonchev–Trinajstić information content (AvgIpc) is 2.38. The van der Waals surface area contributed by atoms with Crippen molar-refractivity contribution in [3.8, 4) is 0 Å². The first kappa shape index (κ1) is 13.2. The Hall–Kier alpha value is -1.22. The van der Waals surface area contributed by atoms with Crippen LogP contribution in [0.25, 0.3) is 0 Å². The second kappa shape index (κ2) is 5.61. The molecule has 0 unspecified atom stereocenters. The van der Waals surface area contributed by atoms with Gasteiger partial charge in [0.15, 0.2) is 0 Å². The monoisotopic (exact) mass is 266 g/mol. The Labute approximate surface area is 113 Å². The zero-order valence-corrected chi connectivity index (χ0v) is 11.4. The first-order chi connectivity index (χ1) is 8.61. The first-order valence-electron chi connectivity index (χ1n) is 6.46. The van der Waals surface area contributed by atoms with Crippen LogP contribution in [0.15, 0.2) is 18.2 Å². The molecule has 1 aromatic carbocycles. The number of rotatable bonds is 2. The number of hydrogen-bond donors (Lipinski definition) is 1. The van der Waals surface area contributed by atoms with Crippen molar-refractivity contribution in [1.82, 2.24) is 4.90 Å². The Morgan fingerprint density at radius 2 is 2.11 bits per heavy atom. The minimum atomic E-state index is 0.0227. The number of anilines is 1. The van der Waals surface area contributed by atoms with Crippen molar-refractivity contribution in [2.24, 2.45) is 5.92 Å². The van der Waals surface area contributed by atoms with E-state index in [0.29, 0.717) is 16.3 Å². The van der Waals surface area contributed by atoms with Crippen LogP contribution in [-0.2, 0) is 0 Å². The Morgan fingerprint density at radius 3 is 2.67 bits per heavy atom. The highest BCUT2D eigenvalue weighted by molar-refractivity contribution is 6.34. The molecule has 0 bridgehead atoms. The molecule has 0 aliphatic carbocycles. The quantitative estimate of drug-likeness (QED) is 0.836. The molecular weight excluding hydrogens is 248 g/mol. The van der Waals surface area contributed by atoms with Crippen LogP contribution in [0.3, 0.4) is 0 Å². The third-order valence-corrected chi connectivity index (χ3v) is 4.02. The van der Waals surface area contributed by atoms with Crippen LogP contribution in [0.1, 0.15) is 36.5 Å². The summed E-state index contributed by atoms with van der Waals surface area (Å²) in [5.41, 5.74) is 6.77. The molecule has 0 radical (unpaired) electrons. The maximum Gasteiger partial charge on any atom is 0.255 e. The Balaban J connectivity index is 2.08. The molecule has 0 atom stereocenters. The van der Waals surface area contributed by atoms with E-state index >= 15 is 0 Å². The molecule has 1 aromatic rings. The van der Waals surface area contributed by atoms with Gasteiger partial charge in [0.25, 0.3) is 5.91 Å². The average molecular weight is 267 g/mol. The molecular formula is C14H19ClN2O. The molecule has 0 spiro atoms. The van der Waals surface area contributed by atoms with Gasteiger partial charge in [-0.2, -0.15) is 0 Å². The van der Waals surface area contributed by atoms with E-state index in [4.69, 9.17) is 17.3 Å². The highest BCUT2D eigenvalue weighted by Gasteiger charge is 2.23. The first-order valence-corrected chi connectivity index (χ1v) is 6.84. The van der Waals surface area contributed by atoms with Crippen molar-refractivity contribution in [2.45, 2.75) is 26.2 Å². The number of hydrogen-bond acceptors (Lipinski definition) is 2. The van der Waals surface area contributed by atoms with Crippen LogP contribution in [-0.4, -0.2) is 23.9 Å². The molecule has 1 amide bonds. The molecule has 1 saturated heterocycles. The van der Waals surface area contributed by atoms with Gasteiger partial charge in [0.05, 0.1) is 10.6 Å². The number of halogens is 1. The Bertz CT molecular complexity index is 439. The van der Waals surface area contributed by atoms with Gasteiger partial charge < -0.3 is 10.6 Å². The van der Waals surface area contributed by atoms with Crippen molar-refractivity contribution in [1.29, 1.82) is 0 Å². The summed E-state index contributed by atoms with van der Waals surface area (Å²) in [6, 6.07) is 5.07. The lowest BCUT2D eigenvalue weighted by Gasteiger charge is -2.31. The van der Waals surface area contributed by atoms with Gasteiger partial charge in [0, 0.05) is 18.8 Å². The summed E-state index contributed by atoms with van der Waals surface area (Å²) in [6.45, 7) is 3.87. The molecule has 4 heteroatoms. The van der Waals surface area contributed by atoms with Crippen molar-refractivity contribution in [2.75, 3.05) is 18.8 Å². The Kier molecular flexibility index (Phi) is 4.12. The lowest BCUT2D eigenvalue weighted by molar-refractivity contribution is 0.0689. The summed E-state index contributed by atoms with van der Waals surface area (Å²) < 4.78 is 0. The number of carbonyl (C=O) groups excluding carboxylic acids is 1. The normalized spacial score (nSPS) is 16.9. The minimum Gasteiger partial charge on any atom is -0.399 e. The van der Waals surface area contributed by atoms with Crippen LogP contribution in [0.4, 0.5) is 5.69 Å². The van der Waals surface area contributed by atoms with Gasteiger partial charge in [0.1, 0.15) is 0 Å². The van der Waals surface area contributed by atoms with E-state index in [1.165, 1.54) is 6.42 Å². The standard InChI is InChI=1S/C14H19ClN2O/c1-2-10-5-7-17(8-6-10)14(18)12-4-3-11(16)9-13(12)15/h3-4,9-10H,2,5-8,16H2,1H3. The molecule has 1 aliphatic rings. The van der Waals surface area contributed by atoms with E-state index in [9.17, 15) is 4.79 Å². The summed E-state index contributed by atoms with van der Waals surface area (Å²) in [4.78, 5) is 14.2. The number of carbonyl (C=O) groups is 1. The topological polar surface area (TPSA) is 46.3 Å². The second-order valence-electron chi connectivity index (χ2n) is 4.88. The number of amides is 1. The van der Waals surface area contributed by atoms with Gasteiger partial charge in [-0.25, -0.2) is 0 Å². The second-order valence-corrected chi connectivity index (χ2v) is 5.29. The van der Waals surface area contributed by atoms with Gasteiger partial charge in [-0.1, -0.05) is 24.9 Å². The van der Waals surface area contributed by atoms with E-state index in [-0.39, 0.29) is 5.91 Å². The zero-order valence-electron chi connectivity index (χ0n) is 10.7. The molecule has 18 heavy (non-hydrogen) atoms. The summed E-state index contributed by atoms with van der Waals surface area (Å²) in [7, 11) is 0. The lowest BCUT2D eigenvalue weighted by atomic mass is 9.94. The highest BCUT2D eigenvalue weighted by atomic mass is 35.5. The van der Waals surface area contributed by atoms with Gasteiger partial charge >= 0.3 is 0 Å². The largest absolute Gasteiger partial charge is 0.399 e. The predicted molar refractivity (Wildman–Crippen MR) is 74.8 cm³/mol. The number of nitrogen functional groups attached to an aromatic ring is 1. The SMILES string of the molecule is CCC1CCN(C(=O)c2ccc(N)cc2Cl)CC1. The predicted octanol–water partition coefficient (Wildman–Crippen LogP) is 3.18. The molecule has 0 saturated carbocycles. The number of nitrogens with zero attached hydrogens (tertiary/aromatic N) is 1. The fraction of sp³-hybridized carbons (Fsp3) is 0.500. The fourth-order valence-corrected chi connectivity index (χ4v) is 2.69. The molecule has 2 rings (SSSR count). The summed E-state index contributed by atoms with van der Waals surface area (Å²) in [5, 5.41) is 0.442. The van der Waals surface area contributed by atoms with Crippen molar-refractivity contribution in [3.63, 3.8) is 0 Å². The number of benzene rings is 1. The number of nitrogens with two attached hydrogens (primary N) is 1. The number of likely N-dealkylation sites (tertiary alicyclic amines) is 1. The third kappa shape index (κ3) is 2.78. The molecule has 1 aliphatic heterocycles. The van der Waals surface area contributed by atoms with Crippen LogP contribution < -0.4 is 5.73 Å². The Morgan fingerprint density at radius 1 is 1.44 bits per heavy atom. The van der Waals surface area contributed by atoms with E-state index in [2.05, 4.69) is 6.92 Å². The molecule has 1 fully saturated rings. The van der Waals surface area contributed by atoms with Crippen LogP contribution in [0.5, 0.6) is 0 Å². The van der Waals surface area contributed by atoms with Gasteiger partial charge in [-0.3, -0.25) is 4.79 Å². The third-order valence-electron chi connectivity index (χ3n) is 3.70. The molecule has 3 nitrogen and oxygen atoms in total. The maximum atomic E-state index is 12.3. The van der Waals surface area contributed by atoms with Crippen molar-refractivity contribution < 1.29 is 4.79 Å². The smallest absolute Gasteiger partial charge is 0.255 e. The molecule has 2 N–H and O–H groups in total. The van der Waals surface area contributed by atoms with Crippen LogP contribution >= 0.6 is 11.6 Å². The maximum absolute atomic E-state index is 12.3. The highest BCUT2D eigenvalue weighted by Crippen LogP contribution is 2.25. The fourth-order valence-electron chi connectivity index (χ4n) is 2.42. The lowest BCUT2D eigenvalue weighted by Crippen LogP contribution is -2.38.